The van der Waals surface area contributed by atoms with Crippen molar-refractivity contribution in [1.82, 2.24) is 15.0 Å². The van der Waals surface area contributed by atoms with Gasteiger partial charge in [-0.05, 0) is 32.4 Å². The van der Waals surface area contributed by atoms with Gasteiger partial charge in [0.05, 0.1) is 6.61 Å². The van der Waals surface area contributed by atoms with E-state index in [0.29, 0.717) is 18.3 Å². The van der Waals surface area contributed by atoms with Gasteiger partial charge in [-0.1, -0.05) is 24.6 Å². The fourth-order valence-corrected chi connectivity index (χ4v) is 1.60. The summed E-state index contributed by atoms with van der Waals surface area (Å²) in [5.74, 6) is 1.13. The second-order valence-electron chi connectivity index (χ2n) is 4.50. The van der Waals surface area contributed by atoms with Crippen LogP contribution in [-0.4, -0.2) is 28.1 Å². The van der Waals surface area contributed by atoms with Crippen LogP contribution >= 0.6 is 0 Å². The Kier molecular flexibility index (Phi) is 5.31. The molecule has 1 aromatic heterocycles. The number of anilines is 1. The number of ether oxygens (including phenoxy) is 2. The number of nitrogens with one attached hydrogen (secondary N) is 1. The third kappa shape index (κ3) is 4.59. The molecule has 0 fully saturated rings. The minimum absolute atomic E-state index is 0.218. The number of hydrogen-bond donors (Lipinski definition) is 1. The van der Waals surface area contributed by atoms with E-state index in [9.17, 15) is 0 Å². The van der Waals surface area contributed by atoms with Crippen molar-refractivity contribution in [2.45, 2.75) is 27.2 Å². The second-order valence-corrected chi connectivity index (χ2v) is 4.50. The molecule has 1 aromatic carbocycles. The van der Waals surface area contributed by atoms with Crippen LogP contribution in [-0.2, 0) is 0 Å². The van der Waals surface area contributed by atoms with Crippen LogP contribution in [0.1, 0.15) is 25.8 Å². The fraction of sp³-hybridized carbons (Fsp3) is 0.400. The molecule has 6 heteroatoms. The van der Waals surface area contributed by atoms with Crippen LogP contribution in [0.3, 0.4) is 0 Å². The molecule has 0 saturated carbocycles. The zero-order valence-corrected chi connectivity index (χ0v) is 12.6. The molecule has 0 aliphatic heterocycles. The number of aryl methyl sites for hydroxylation is 1. The Morgan fingerprint density at radius 1 is 1.00 bits per heavy atom. The topological polar surface area (TPSA) is 69.2 Å². The van der Waals surface area contributed by atoms with E-state index in [0.717, 1.165) is 13.0 Å². The Balaban J connectivity index is 2.19. The lowest BCUT2D eigenvalue weighted by molar-refractivity contribution is 0.304. The van der Waals surface area contributed by atoms with E-state index in [1.54, 1.807) is 0 Å². The first-order valence-electron chi connectivity index (χ1n) is 7.08. The van der Waals surface area contributed by atoms with Crippen LogP contribution in [0.25, 0.3) is 0 Å². The summed E-state index contributed by atoms with van der Waals surface area (Å²) >= 11 is 0. The largest absolute Gasteiger partial charge is 0.464 e. The van der Waals surface area contributed by atoms with Gasteiger partial charge >= 0.3 is 12.0 Å². The van der Waals surface area contributed by atoms with Crippen LogP contribution in [0.4, 0.5) is 5.95 Å². The van der Waals surface area contributed by atoms with Crippen LogP contribution in [0.15, 0.2) is 24.3 Å². The number of aromatic nitrogens is 3. The third-order valence-electron chi connectivity index (χ3n) is 2.63. The molecular formula is C15H20N4O2. The second kappa shape index (κ2) is 7.42. The minimum atomic E-state index is 0.218. The number of nitrogens with zero attached hydrogens (tertiary/aromatic N) is 3. The van der Waals surface area contributed by atoms with Gasteiger partial charge in [-0.3, -0.25) is 0 Å². The summed E-state index contributed by atoms with van der Waals surface area (Å²) < 4.78 is 11.0. The van der Waals surface area contributed by atoms with E-state index in [-0.39, 0.29) is 12.0 Å². The molecule has 1 heterocycles. The molecule has 21 heavy (non-hydrogen) atoms. The van der Waals surface area contributed by atoms with Gasteiger partial charge in [0.1, 0.15) is 5.75 Å². The lowest BCUT2D eigenvalue weighted by Gasteiger charge is -2.09. The zero-order chi connectivity index (χ0) is 15.1. The van der Waals surface area contributed by atoms with E-state index >= 15 is 0 Å². The molecular weight excluding hydrogens is 268 g/mol. The summed E-state index contributed by atoms with van der Waals surface area (Å²) in [6.45, 7) is 7.23. The first-order chi connectivity index (χ1) is 10.2. The van der Waals surface area contributed by atoms with E-state index in [2.05, 4.69) is 27.2 Å². The summed E-state index contributed by atoms with van der Waals surface area (Å²) in [4.78, 5) is 12.6. The van der Waals surface area contributed by atoms with Crippen molar-refractivity contribution >= 4 is 5.95 Å². The monoisotopic (exact) mass is 288 g/mol. The lowest BCUT2D eigenvalue weighted by atomic mass is 10.2. The molecule has 0 saturated heterocycles. The molecule has 0 spiro atoms. The normalized spacial score (nSPS) is 10.2. The Hall–Kier alpha value is -2.37. The predicted octanol–water partition coefficient (Wildman–Crippen LogP) is 3.19. The molecule has 0 atom stereocenters. The molecule has 6 nitrogen and oxygen atoms in total. The van der Waals surface area contributed by atoms with Crippen LogP contribution in [0.2, 0.25) is 0 Å². The van der Waals surface area contributed by atoms with Crippen molar-refractivity contribution in [3.8, 4) is 17.8 Å². The zero-order valence-electron chi connectivity index (χ0n) is 12.6. The molecule has 2 rings (SSSR count). The quantitative estimate of drug-likeness (QED) is 0.843. The van der Waals surface area contributed by atoms with Gasteiger partial charge < -0.3 is 14.8 Å². The predicted molar refractivity (Wildman–Crippen MR) is 81.0 cm³/mol. The maximum atomic E-state index is 5.66. The lowest BCUT2D eigenvalue weighted by Crippen LogP contribution is -2.08. The maximum absolute atomic E-state index is 5.66. The summed E-state index contributed by atoms with van der Waals surface area (Å²) in [7, 11) is 0. The van der Waals surface area contributed by atoms with E-state index in [4.69, 9.17) is 9.47 Å². The molecule has 0 radical (unpaired) electrons. The number of hydrogen-bond acceptors (Lipinski definition) is 6. The highest BCUT2D eigenvalue weighted by Gasteiger charge is 2.09. The van der Waals surface area contributed by atoms with E-state index in [1.165, 1.54) is 5.56 Å². The number of benzene rings is 1. The molecule has 0 bridgehead atoms. The van der Waals surface area contributed by atoms with Crippen LogP contribution in [0.5, 0.6) is 17.8 Å². The van der Waals surface area contributed by atoms with Crippen molar-refractivity contribution in [3.05, 3.63) is 29.8 Å². The van der Waals surface area contributed by atoms with Gasteiger partial charge in [0.15, 0.2) is 0 Å². The van der Waals surface area contributed by atoms with Gasteiger partial charge in [0.25, 0.3) is 0 Å². The standard InChI is InChI=1S/C15H20N4O2/c1-4-10-16-13-17-14(20-5-2)19-15(18-13)21-12-8-6-11(3)7-9-12/h6-9H,4-5,10H2,1-3H3,(H,16,17,18,19). The highest BCUT2D eigenvalue weighted by molar-refractivity contribution is 5.31. The van der Waals surface area contributed by atoms with Gasteiger partial charge in [-0.15, -0.1) is 4.98 Å². The molecule has 112 valence electrons. The average Bonchev–Trinajstić information content (AvgIpc) is 2.48. The average molecular weight is 288 g/mol. The molecule has 2 aromatic rings. The van der Waals surface area contributed by atoms with Gasteiger partial charge in [0, 0.05) is 6.54 Å². The summed E-state index contributed by atoms with van der Waals surface area (Å²) in [6, 6.07) is 8.16. The van der Waals surface area contributed by atoms with Gasteiger partial charge in [-0.25, -0.2) is 0 Å². The molecule has 0 aliphatic carbocycles. The van der Waals surface area contributed by atoms with Crippen molar-refractivity contribution in [1.29, 1.82) is 0 Å². The van der Waals surface area contributed by atoms with Crippen molar-refractivity contribution < 1.29 is 9.47 Å². The van der Waals surface area contributed by atoms with Crippen LogP contribution in [0, 0.1) is 6.92 Å². The fourth-order valence-electron chi connectivity index (χ4n) is 1.60. The van der Waals surface area contributed by atoms with Gasteiger partial charge in [-0.2, -0.15) is 9.97 Å². The third-order valence-corrected chi connectivity index (χ3v) is 2.63. The van der Waals surface area contributed by atoms with E-state index in [1.807, 2.05) is 38.1 Å². The molecule has 0 unspecified atom stereocenters. The SMILES string of the molecule is CCCNc1nc(OCC)nc(Oc2ccc(C)cc2)n1. The highest BCUT2D eigenvalue weighted by Crippen LogP contribution is 2.21. The Morgan fingerprint density at radius 3 is 2.38 bits per heavy atom. The Bertz CT molecular complexity index is 572. The summed E-state index contributed by atoms with van der Waals surface area (Å²) in [6.07, 6.45) is 0.976. The smallest absolute Gasteiger partial charge is 0.330 e. The Labute approximate surface area is 124 Å². The van der Waals surface area contributed by atoms with Crippen molar-refractivity contribution in [3.63, 3.8) is 0 Å². The first-order valence-corrected chi connectivity index (χ1v) is 7.08. The van der Waals surface area contributed by atoms with Gasteiger partial charge in [0.2, 0.25) is 5.95 Å². The van der Waals surface area contributed by atoms with Crippen LogP contribution < -0.4 is 14.8 Å². The highest BCUT2D eigenvalue weighted by atomic mass is 16.5. The molecule has 1 N–H and O–H groups in total. The maximum Gasteiger partial charge on any atom is 0.330 e. The molecule has 0 aliphatic rings. The molecule has 0 amide bonds. The van der Waals surface area contributed by atoms with Crippen molar-refractivity contribution in [2.24, 2.45) is 0 Å². The first kappa shape index (κ1) is 15.0. The summed E-state index contributed by atoms with van der Waals surface area (Å²) in [5.41, 5.74) is 1.17. The minimum Gasteiger partial charge on any atom is -0.464 e. The van der Waals surface area contributed by atoms with E-state index < -0.39 is 0 Å². The Morgan fingerprint density at radius 2 is 1.71 bits per heavy atom. The number of rotatable bonds is 7. The van der Waals surface area contributed by atoms with Crippen molar-refractivity contribution in [2.75, 3.05) is 18.5 Å². The summed E-state index contributed by atoms with van der Waals surface area (Å²) in [5, 5.41) is 3.11.